The van der Waals surface area contributed by atoms with Crippen molar-refractivity contribution in [1.82, 2.24) is 9.73 Å². The molecule has 0 saturated carbocycles. The average molecular weight is 431 g/mol. The smallest absolute Gasteiger partial charge is 0.259 e. The van der Waals surface area contributed by atoms with E-state index < -0.39 is 33.0 Å². The summed E-state index contributed by atoms with van der Waals surface area (Å²) in [4.78, 5) is 5.37. The molecule has 0 aromatic carbocycles. The van der Waals surface area contributed by atoms with E-state index in [1.807, 2.05) is 0 Å². The highest BCUT2D eigenvalue weighted by molar-refractivity contribution is 7.44. The summed E-state index contributed by atoms with van der Waals surface area (Å²) in [5, 5.41) is 10.5. The second-order valence-electron chi connectivity index (χ2n) is 7.30. The number of hydrogen-bond donors (Lipinski definition) is 0. The van der Waals surface area contributed by atoms with Crippen LogP contribution in [0.15, 0.2) is 0 Å². The Morgan fingerprint density at radius 2 is 1.76 bits per heavy atom. The van der Waals surface area contributed by atoms with Gasteiger partial charge in [-0.05, 0) is 27.7 Å². The zero-order valence-corrected chi connectivity index (χ0v) is 19.5. The Labute approximate surface area is 177 Å². The topological polar surface area (TPSA) is 85.7 Å². The van der Waals surface area contributed by atoms with Gasteiger partial charge in [-0.1, -0.05) is 0 Å². The summed E-state index contributed by atoms with van der Waals surface area (Å²) in [6.45, 7) is 9.26. The van der Waals surface area contributed by atoms with Crippen molar-refractivity contribution in [1.29, 1.82) is 5.26 Å². The van der Waals surface area contributed by atoms with Crippen LogP contribution < -0.4 is 0 Å². The molecule has 0 N–H and O–H groups in total. The number of hydrogen-bond acceptors (Lipinski definition) is 9. The van der Waals surface area contributed by atoms with Gasteiger partial charge < -0.3 is 23.3 Å². The van der Waals surface area contributed by atoms with E-state index in [1.165, 1.54) is 7.11 Å². The second kappa shape index (κ2) is 13.9. The molecular weight excluding hydrogens is 396 g/mol. The monoisotopic (exact) mass is 431 g/mol. The molecule has 5 atom stereocenters. The maximum absolute atomic E-state index is 8.87. The number of rotatable bonds is 14. The van der Waals surface area contributed by atoms with Gasteiger partial charge >= 0.3 is 0 Å². The summed E-state index contributed by atoms with van der Waals surface area (Å²) >= 11 is 0. The van der Waals surface area contributed by atoms with E-state index >= 15 is 0 Å². The first-order valence-corrected chi connectivity index (χ1v) is 11.0. The lowest BCUT2D eigenvalue weighted by atomic mass is 9.93. The predicted molar refractivity (Wildman–Crippen MR) is 111 cm³/mol. The van der Waals surface area contributed by atoms with E-state index in [4.69, 9.17) is 41.2 Å². The zero-order chi connectivity index (χ0) is 22.0. The first kappa shape index (κ1) is 26.7. The molecule has 0 aromatic heterocycles. The molecule has 29 heavy (non-hydrogen) atoms. The van der Waals surface area contributed by atoms with Crippen LogP contribution in [0.25, 0.3) is 0 Å². The van der Waals surface area contributed by atoms with Gasteiger partial charge in [-0.2, -0.15) is 10.3 Å². The van der Waals surface area contributed by atoms with Crippen molar-refractivity contribution in [3.05, 3.63) is 0 Å². The van der Waals surface area contributed by atoms with Gasteiger partial charge in [0.1, 0.15) is 20.1 Å². The SMILES string of the molecule is [B]C1OC(OC)C(OP(OCCC#N)N(C(C)C)C(C)C)C1OCCON(C)C. The number of ether oxygens (including phenoxy) is 3. The van der Waals surface area contributed by atoms with Crippen LogP contribution in [0.4, 0.5) is 0 Å². The fourth-order valence-corrected chi connectivity index (χ4v) is 4.68. The molecule has 0 spiro atoms. The molecule has 9 nitrogen and oxygen atoms in total. The predicted octanol–water partition coefficient (Wildman–Crippen LogP) is 2.02. The molecule has 1 saturated heterocycles. The summed E-state index contributed by atoms with van der Waals surface area (Å²) in [7, 11) is 9.77. The van der Waals surface area contributed by atoms with E-state index in [0.29, 0.717) is 13.2 Å². The molecule has 5 unspecified atom stereocenters. The van der Waals surface area contributed by atoms with Crippen LogP contribution in [0, 0.1) is 11.3 Å². The van der Waals surface area contributed by atoms with Crippen molar-refractivity contribution in [3.63, 3.8) is 0 Å². The Morgan fingerprint density at radius 1 is 1.10 bits per heavy atom. The Kier molecular flexibility index (Phi) is 12.8. The van der Waals surface area contributed by atoms with Crippen molar-refractivity contribution in [3.8, 4) is 6.07 Å². The van der Waals surface area contributed by atoms with Gasteiger partial charge in [0, 0.05) is 39.3 Å². The highest BCUT2D eigenvalue weighted by Crippen LogP contribution is 2.49. The van der Waals surface area contributed by atoms with Gasteiger partial charge in [-0.25, -0.2) is 4.67 Å². The lowest BCUT2D eigenvalue weighted by Gasteiger charge is -2.38. The maximum Gasteiger partial charge on any atom is 0.259 e. The van der Waals surface area contributed by atoms with Crippen molar-refractivity contribution >= 4 is 16.4 Å². The third-order valence-electron chi connectivity index (χ3n) is 4.06. The highest BCUT2D eigenvalue weighted by Gasteiger charge is 2.47. The Hall–Kier alpha value is -0.335. The van der Waals surface area contributed by atoms with Crippen LogP contribution >= 0.6 is 8.53 Å². The first-order valence-electron chi connectivity index (χ1n) is 9.83. The van der Waals surface area contributed by atoms with Crippen LogP contribution in [0.5, 0.6) is 0 Å². The average Bonchev–Trinajstić information content (AvgIpc) is 2.93. The molecule has 1 heterocycles. The molecule has 1 rings (SSSR count). The molecule has 2 radical (unpaired) electrons. The molecule has 166 valence electrons. The Balaban J connectivity index is 2.92. The Morgan fingerprint density at radius 3 is 2.28 bits per heavy atom. The van der Waals surface area contributed by atoms with E-state index in [0.717, 1.165) is 0 Å². The quantitative estimate of drug-likeness (QED) is 0.178. The maximum atomic E-state index is 8.87. The van der Waals surface area contributed by atoms with Gasteiger partial charge in [0.15, 0.2) is 6.29 Å². The van der Waals surface area contributed by atoms with Crippen molar-refractivity contribution in [2.75, 3.05) is 41.0 Å². The van der Waals surface area contributed by atoms with Crippen molar-refractivity contribution in [2.45, 2.75) is 70.7 Å². The van der Waals surface area contributed by atoms with Crippen molar-refractivity contribution < 1.29 is 28.1 Å². The summed E-state index contributed by atoms with van der Waals surface area (Å²) in [5.41, 5.74) is 0. The van der Waals surface area contributed by atoms with Crippen molar-refractivity contribution in [2.24, 2.45) is 0 Å². The minimum atomic E-state index is -1.49. The summed E-state index contributed by atoms with van der Waals surface area (Å²) in [5.74, 6) is 0. The van der Waals surface area contributed by atoms with Crippen LogP contribution in [0.3, 0.4) is 0 Å². The molecular formula is C18H35BN3O6P. The van der Waals surface area contributed by atoms with Crippen LogP contribution in [0.2, 0.25) is 0 Å². The van der Waals surface area contributed by atoms with Crippen LogP contribution in [0.1, 0.15) is 34.1 Å². The Bertz CT molecular complexity index is 489. The molecule has 1 fully saturated rings. The van der Waals surface area contributed by atoms with Crippen LogP contribution in [-0.2, 0) is 28.1 Å². The van der Waals surface area contributed by atoms with Gasteiger partial charge in [-0.15, -0.1) is 0 Å². The third-order valence-corrected chi connectivity index (χ3v) is 6.18. The number of methoxy groups -OCH3 is 1. The van der Waals surface area contributed by atoms with E-state index in [1.54, 1.807) is 19.2 Å². The summed E-state index contributed by atoms with van der Waals surface area (Å²) in [6.07, 6.45) is -1.53. The molecule has 11 heteroatoms. The largest absolute Gasteiger partial charge is 0.371 e. The van der Waals surface area contributed by atoms with E-state index in [9.17, 15) is 0 Å². The van der Waals surface area contributed by atoms with Crippen LogP contribution in [-0.4, -0.2) is 95.2 Å². The van der Waals surface area contributed by atoms with E-state index in [-0.39, 0.29) is 25.1 Å². The molecule has 0 aliphatic carbocycles. The van der Waals surface area contributed by atoms with Gasteiger partial charge in [0.2, 0.25) is 0 Å². The fraction of sp³-hybridized carbons (Fsp3) is 0.944. The summed E-state index contributed by atoms with van der Waals surface area (Å²) < 4.78 is 31.5. The lowest BCUT2D eigenvalue weighted by Crippen LogP contribution is -2.41. The lowest BCUT2D eigenvalue weighted by molar-refractivity contribution is -0.147. The standard InChI is InChI=1S/C18H35BN3O6P/c1-13(2)22(14(3)4)29(26-10-8-9-20)28-16-15(17(19)27-18(16)23-7)24-11-12-25-21(5)6/h13-18H,8,10-12H2,1-7H3. The molecule has 1 aliphatic rings. The van der Waals surface area contributed by atoms with Gasteiger partial charge in [0.05, 0.1) is 32.3 Å². The molecule has 0 amide bonds. The minimum absolute atomic E-state index is 0.174. The molecule has 0 aromatic rings. The second-order valence-corrected chi connectivity index (χ2v) is 8.71. The third kappa shape index (κ3) is 8.74. The van der Waals surface area contributed by atoms with Gasteiger partial charge in [-0.3, -0.25) is 4.84 Å². The van der Waals surface area contributed by atoms with E-state index in [2.05, 4.69) is 38.4 Å². The fourth-order valence-electron chi connectivity index (χ4n) is 2.94. The molecule has 0 bridgehead atoms. The van der Waals surface area contributed by atoms with Gasteiger partial charge in [0.25, 0.3) is 8.53 Å². The number of nitriles is 1. The minimum Gasteiger partial charge on any atom is -0.371 e. The summed E-state index contributed by atoms with van der Waals surface area (Å²) in [6, 6.07) is 1.74. The number of hydroxylamine groups is 2. The molecule has 1 aliphatic heterocycles. The normalized spacial score (nSPS) is 26.0. The number of nitrogens with zero attached hydrogens (tertiary/aromatic N) is 3. The zero-order valence-electron chi connectivity index (χ0n) is 18.6. The highest BCUT2D eigenvalue weighted by atomic mass is 31.2. The first-order chi connectivity index (χ1) is 13.7.